The fourth-order valence-electron chi connectivity index (χ4n) is 3.72. The molecular weight excluding hydrogens is 302 g/mol. The molecule has 3 rings (SSSR count). The van der Waals surface area contributed by atoms with Crippen LogP contribution in [0.25, 0.3) is 0 Å². The van der Waals surface area contributed by atoms with Gasteiger partial charge in [-0.2, -0.15) is 0 Å². The van der Waals surface area contributed by atoms with Gasteiger partial charge in [0, 0.05) is 38.1 Å². The number of urea groups is 1. The van der Waals surface area contributed by atoms with Gasteiger partial charge in [0.25, 0.3) is 0 Å². The number of pyridine rings is 1. The van der Waals surface area contributed by atoms with Gasteiger partial charge in [0.05, 0.1) is 6.10 Å². The summed E-state index contributed by atoms with van der Waals surface area (Å²) in [6, 6.07) is 4.38. The Balaban J connectivity index is 1.60. The number of hydrogen-bond donors (Lipinski definition) is 1. The zero-order valence-corrected chi connectivity index (χ0v) is 14.5. The third kappa shape index (κ3) is 4.94. The average Bonchev–Trinajstić information content (AvgIpc) is 2.66. The minimum atomic E-state index is 0.0490. The van der Waals surface area contributed by atoms with Crippen LogP contribution in [0.1, 0.15) is 56.9 Å². The summed E-state index contributed by atoms with van der Waals surface area (Å²) in [5, 5.41) is 3.12. The highest BCUT2D eigenvalue weighted by Gasteiger charge is 2.26. The molecule has 24 heavy (non-hydrogen) atoms. The molecule has 0 spiro atoms. The van der Waals surface area contributed by atoms with Crippen molar-refractivity contribution in [3.63, 3.8) is 0 Å². The SMILES string of the molecule is O=C(NC[C@H]1CCCCO1)N(Cc1ccncc1)C1CCCCC1. The van der Waals surface area contributed by atoms with Crippen LogP contribution in [0.5, 0.6) is 0 Å². The lowest BCUT2D eigenvalue weighted by Gasteiger charge is -2.35. The van der Waals surface area contributed by atoms with Gasteiger partial charge in [0.2, 0.25) is 0 Å². The average molecular weight is 331 g/mol. The zero-order valence-electron chi connectivity index (χ0n) is 14.5. The monoisotopic (exact) mass is 331 g/mol. The fraction of sp³-hybridized carbons (Fsp3) is 0.684. The van der Waals surface area contributed by atoms with Crippen LogP contribution in [0.4, 0.5) is 4.79 Å². The summed E-state index contributed by atoms with van der Waals surface area (Å²) in [6.45, 7) is 2.10. The fourth-order valence-corrected chi connectivity index (χ4v) is 3.72. The highest BCUT2D eigenvalue weighted by molar-refractivity contribution is 5.74. The van der Waals surface area contributed by atoms with E-state index in [0.717, 1.165) is 37.9 Å². The quantitative estimate of drug-likeness (QED) is 0.898. The molecule has 1 saturated carbocycles. The summed E-state index contributed by atoms with van der Waals surface area (Å²) in [5.74, 6) is 0. The molecule has 1 aliphatic heterocycles. The minimum Gasteiger partial charge on any atom is -0.376 e. The zero-order chi connectivity index (χ0) is 16.6. The van der Waals surface area contributed by atoms with Gasteiger partial charge < -0.3 is 15.0 Å². The Kier molecular flexibility index (Phi) is 6.47. The molecule has 1 N–H and O–H groups in total. The van der Waals surface area contributed by atoms with Crippen molar-refractivity contribution in [2.24, 2.45) is 0 Å². The molecule has 2 heterocycles. The standard InChI is InChI=1S/C19H29N3O2/c23-19(21-14-18-8-4-5-13-24-18)22(17-6-2-1-3-7-17)15-16-9-11-20-12-10-16/h9-12,17-18H,1-8,13-15H2,(H,21,23)/t18-/m1/s1. The Bertz CT molecular complexity index is 497. The summed E-state index contributed by atoms with van der Waals surface area (Å²) in [5.41, 5.74) is 1.14. The van der Waals surface area contributed by atoms with Gasteiger partial charge >= 0.3 is 6.03 Å². The van der Waals surface area contributed by atoms with Crippen LogP contribution in [0.2, 0.25) is 0 Å². The number of carbonyl (C=O) groups excluding carboxylic acids is 1. The van der Waals surface area contributed by atoms with E-state index in [4.69, 9.17) is 4.74 Å². The molecule has 132 valence electrons. The van der Waals surface area contributed by atoms with E-state index >= 15 is 0 Å². The highest BCUT2D eigenvalue weighted by atomic mass is 16.5. The summed E-state index contributed by atoms with van der Waals surface area (Å²) in [4.78, 5) is 18.9. The summed E-state index contributed by atoms with van der Waals surface area (Å²) in [6.07, 6.45) is 13.1. The van der Waals surface area contributed by atoms with E-state index in [1.54, 1.807) is 12.4 Å². The van der Waals surface area contributed by atoms with Gasteiger partial charge in [-0.05, 0) is 49.8 Å². The Hall–Kier alpha value is -1.62. The number of amides is 2. The van der Waals surface area contributed by atoms with Crippen LogP contribution >= 0.6 is 0 Å². The second kappa shape index (κ2) is 9.02. The number of ether oxygens (including phenoxy) is 1. The van der Waals surface area contributed by atoms with E-state index in [-0.39, 0.29) is 12.1 Å². The maximum atomic E-state index is 12.8. The van der Waals surface area contributed by atoms with Gasteiger partial charge in [0.15, 0.2) is 0 Å². The molecule has 2 amide bonds. The first kappa shape index (κ1) is 17.2. The van der Waals surface area contributed by atoms with Crippen LogP contribution in [0, 0.1) is 0 Å². The number of carbonyl (C=O) groups is 1. The van der Waals surface area contributed by atoms with Gasteiger partial charge in [-0.3, -0.25) is 4.98 Å². The molecule has 1 aliphatic carbocycles. The lowest BCUT2D eigenvalue weighted by atomic mass is 9.94. The highest BCUT2D eigenvalue weighted by Crippen LogP contribution is 2.24. The second-order valence-corrected chi connectivity index (χ2v) is 6.95. The molecule has 0 aromatic carbocycles. The van der Waals surface area contributed by atoms with Gasteiger partial charge in [0.1, 0.15) is 0 Å². The smallest absolute Gasteiger partial charge is 0.318 e. The van der Waals surface area contributed by atoms with Crippen LogP contribution in [-0.2, 0) is 11.3 Å². The third-order valence-electron chi connectivity index (χ3n) is 5.13. The van der Waals surface area contributed by atoms with Crippen molar-refractivity contribution in [2.45, 2.75) is 70.1 Å². The van der Waals surface area contributed by atoms with E-state index < -0.39 is 0 Å². The Morgan fingerprint density at radius 3 is 2.58 bits per heavy atom. The van der Waals surface area contributed by atoms with Crippen molar-refractivity contribution in [2.75, 3.05) is 13.2 Å². The molecule has 0 radical (unpaired) electrons. The van der Waals surface area contributed by atoms with E-state index in [9.17, 15) is 4.79 Å². The first-order valence-corrected chi connectivity index (χ1v) is 9.38. The van der Waals surface area contributed by atoms with Crippen LogP contribution in [0.15, 0.2) is 24.5 Å². The molecule has 1 atom stereocenters. The van der Waals surface area contributed by atoms with Crippen molar-refractivity contribution in [1.82, 2.24) is 15.2 Å². The van der Waals surface area contributed by atoms with E-state index in [2.05, 4.69) is 10.3 Å². The van der Waals surface area contributed by atoms with Gasteiger partial charge in [-0.25, -0.2) is 4.79 Å². The Morgan fingerprint density at radius 2 is 1.88 bits per heavy atom. The van der Waals surface area contributed by atoms with Crippen molar-refractivity contribution in [1.29, 1.82) is 0 Å². The largest absolute Gasteiger partial charge is 0.376 e. The molecule has 0 unspecified atom stereocenters. The molecule has 1 aromatic rings. The molecular formula is C19H29N3O2. The van der Waals surface area contributed by atoms with Gasteiger partial charge in [-0.1, -0.05) is 19.3 Å². The molecule has 2 aliphatic rings. The minimum absolute atomic E-state index is 0.0490. The number of hydrogen-bond acceptors (Lipinski definition) is 3. The molecule has 5 nitrogen and oxygen atoms in total. The second-order valence-electron chi connectivity index (χ2n) is 6.95. The lowest BCUT2D eigenvalue weighted by Crippen LogP contribution is -2.48. The van der Waals surface area contributed by atoms with Crippen LogP contribution in [0.3, 0.4) is 0 Å². The third-order valence-corrected chi connectivity index (χ3v) is 5.13. The molecule has 5 heteroatoms. The van der Waals surface area contributed by atoms with Crippen molar-refractivity contribution in [3.8, 4) is 0 Å². The Labute approximate surface area is 144 Å². The van der Waals surface area contributed by atoms with Gasteiger partial charge in [-0.15, -0.1) is 0 Å². The Morgan fingerprint density at radius 1 is 1.12 bits per heavy atom. The van der Waals surface area contributed by atoms with E-state index in [1.165, 1.54) is 25.7 Å². The molecule has 0 bridgehead atoms. The number of nitrogens with one attached hydrogen (secondary N) is 1. The normalized spacial score (nSPS) is 22.1. The number of nitrogens with zero attached hydrogens (tertiary/aromatic N) is 2. The van der Waals surface area contributed by atoms with Crippen molar-refractivity contribution >= 4 is 6.03 Å². The van der Waals surface area contributed by atoms with Crippen molar-refractivity contribution in [3.05, 3.63) is 30.1 Å². The molecule has 1 saturated heterocycles. The summed E-state index contributed by atoms with van der Waals surface area (Å²) < 4.78 is 5.73. The van der Waals surface area contributed by atoms with E-state index in [0.29, 0.717) is 19.1 Å². The summed E-state index contributed by atoms with van der Waals surface area (Å²) in [7, 11) is 0. The first-order valence-electron chi connectivity index (χ1n) is 9.38. The van der Waals surface area contributed by atoms with Crippen molar-refractivity contribution < 1.29 is 9.53 Å². The predicted octanol–water partition coefficient (Wildman–Crippen LogP) is 3.50. The maximum absolute atomic E-state index is 12.8. The molecule has 2 fully saturated rings. The molecule has 1 aromatic heterocycles. The lowest BCUT2D eigenvalue weighted by molar-refractivity contribution is 0.0172. The van der Waals surface area contributed by atoms with E-state index in [1.807, 2.05) is 17.0 Å². The maximum Gasteiger partial charge on any atom is 0.318 e. The van der Waals surface area contributed by atoms with Crippen LogP contribution < -0.4 is 5.32 Å². The summed E-state index contributed by atoms with van der Waals surface area (Å²) >= 11 is 0. The predicted molar refractivity (Wildman–Crippen MR) is 93.6 cm³/mol. The first-order chi connectivity index (χ1) is 11.8. The number of rotatable bonds is 5. The topological polar surface area (TPSA) is 54.5 Å². The number of aromatic nitrogens is 1. The van der Waals surface area contributed by atoms with Crippen LogP contribution in [-0.4, -0.2) is 41.2 Å².